The number of anilines is 1. The maximum Gasteiger partial charge on any atom is 0.271 e. The number of nitrogens with zero attached hydrogens (tertiary/aromatic N) is 2. The van der Waals surface area contributed by atoms with Gasteiger partial charge in [-0.1, -0.05) is 18.5 Å². The van der Waals surface area contributed by atoms with Gasteiger partial charge in [0.15, 0.2) is 5.82 Å². The molecule has 100 valence electrons. The van der Waals surface area contributed by atoms with Crippen LogP contribution < -0.4 is 15.8 Å². The van der Waals surface area contributed by atoms with E-state index in [2.05, 4.69) is 27.1 Å². The first kappa shape index (κ1) is 13.4. The van der Waals surface area contributed by atoms with Crippen LogP contribution in [-0.4, -0.2) is 35.6 Å². The molecule has 18 heavy (non-hydrogen) atoms. The van der Waals surface area contributed by atoms with E-state index in [9.17, 15) is 4.79 Å². The molecule has 5 nitrogen and oxygen atoms in total. The topological polar surface area (TPSA) is 61.0 Å². The van der Waals surface area contributed by atoms with Gasteiger partial charge in [-0.15, -0.1) is 0 Å². The minimum absolute atomic E-state index is 0.194. The second kappa shape index (κ2) is 6.20. The first-order valence-corrected chi connectivity index (χ1v) is 6.82. The fourth-order valence-electron chi connectivity index (χ4n) is 2.35. The number of nitrogens with one attached hydrogen (secondary N) is 2. The van der Waals surface area contributed by atoms with Crippen molar-refractivity contribution < 1.29 is 0 Å². The summed E-state index contributed by atoms with van der Waals surface area (Å²) in [5.41, 5.74) is -0.270. The van der Waals surface area contributed by atoms with Gasteiger partial charge in [0.25, 0.3) is 5.56 Å². The highest BCUT2D eigenvalue weighted by Crippen LogP contribution is 2.26. The number of halogens is 1. The summed E-state index contributed by atoms with van der Waals surface area (Å²) in [6.07, 6.45) is 4.76. The first-order chi connectivity index (χ1) is 8.74. The molecule has 2 N–H and O–H groups in total. The number of H-pyrrole nitrogens is 1. The fraction of sp³-hybridized carbons (Fsp3) is 0.667. The molecule has 0 aromatic carbocycles. The Kier molecular flexibility index (Phi) is 4.60. The van der Waals surface area contributed by atoms with Crippen LogP contribution in [0.4, 0.5) is 5.82 Å². The van der Waals surface area contributed by atoms with Gasteiger partial charge in [0.1, 0.15) is 5.02 Å². The Balaban J connectivity index is 2.11. The van der Waals surface area contributed by atoms with E-state index in [0.717, 1.165) is 38.9 Å². The Bertz CT molecular complexity index is 448. The molecule has 1 saturated heterocycles. The van der Waals surface area contributed by atoms with Gasteiger partial charge in [-0.05, 0) is 25.8 Å². The van der Waals surface area contributed by atoms with Gasteiger partial charge in [-0.2, -0.15) is 0 Å². The Morgan fingerprint density at radius 2 is 2.50 bits per heavy atom. The van der Waals surface area contributed by atoms with Gasteiger partial charge in [0, 0.05) is 19.1 Å². The number of aromatic amines is 1. The van der Waals surface area contributed by atoms with Crippen LogP contribution in [0.25, 0.3) is 0 Å². The van der Waals surface area contributed by atoms with Crippen LogP contribution in [0.1, 0.15) is 26.2 Å². The van der Waals surface area contributed by atoms with E-state index in [-0.39, 0.29) is 10.6 Å². The van der Waals surface area contributed by atoms with Crippen LogP contribution in [0.5, 0.6) is 0 Å². The molecule has 1 atom stereocenters. The van der Waals surface area contributed by atoms with Gasteiger partial charge >= 0.3 is 0 Å². The van der Waals surface area contributed by atoms with Crippen molar-refractivity contribution in [3.05, 3.63) is 21.7 Å². The summed E-state index contributed by atoms with van der Waals surface area (Å²) in [7, 11) is 0. The molecule has 0 aliphatic carbocycles. The lowest BCUT2D eigenvalue weighted by Gasteiger charge is -2.26. The van der Waals surface area contributed by atoms with Crippen molar-refractivity contribution in [1.82, 2.24) is 15.3 Å². The molecule has 2 rings (SSSR count). The molecule has 1 aromatic rings. The lowest BCUT2D eigenvalue weighted by molar-refractivity contribution is 0.568. The molecule has 0 spiro atoms. The Hall–Kier alpha value is -1.07. The molecule has 1 fully saturated rings. The van der Waals surface area contributed by atoms with Gasteiger partial charge in [-0.25, -0.2) is 4.98 Å². The highest BCUT2D eigenvalue weighted by atomic mass is 35.5. The number of hydrogen-bond acceptors (Lipinski definition) is 4. The Morgan fingerprint density at radius 1 is 1.67 bits per heavy atom. The predicted molar refractivity (Wildman–Crippen MR) is 73.4 cm³/mol. The first-order valence-electron chi connectivity index (χ1n) is 6.44. The van der Waals surface area contributed by atoms with Crippen molar-refractivity contribution in [3.63, 3.8) is 0 Å². The molecule has 1 unspecified atom stereocenters. The number of aromatic nitrogens is 2. The fourth-order valence-corrected chi connectivity index (χ4v) is 2.56. The van der Waals surface area contributed by atoms with Gasteiger partial charge in [-0.3, -0.25) is 4.79 Å². The van der Waals surface area contributed by atoms with Crippen molar-refractivity contribution in [2.75, 3.05) is 24.5 Å². The normalized spacial score (nSPS) is 19.4. The molecule has 1 aromatic heterocycles. The van der Waals surface area contributed by atoms with Crippen molar-refractivity contribution in [1.29, 1.82) is 0 Å². The Morgan fingerprint density at radius 3 is 3.28 bits per heavy atom. The van der Waals surface area contributed by atoms with E-state index < -0.39 is 0 Å². The number of rotatable bonds is 5. The third-order valence-electron chi connectivity index (χ3n) is 3.23. The minimum atomic E-state index is -0.270. The summed E-state index contributed by atoms with van der Waals surface area (Å²) in [5, 5.41) is 3.61. The van der Waals surface area contributed by atoms with Gasteiger partial charge < -0.3 is 15.2 Å². The summed E-state index contributed by atoms with van der Waals surface area (Å²) >= 11 is 6.03. The quantitative estimate of drug-likeness (QED) is 0.794. The zero-order chi connectivity index (χ0) is 13.0. The third-order valence-corrected chi connectivity index (χ3v) is 3.57. The van der Waals surface area contributed by atoms with E-state index in [4.69, 9.17) is 11.6 Å². The summed E-state index contributed by atoms with van der Waals surface area (Å²) in [6, 6.07) is 0.378. The average molecular weight is 271 g/mol. The maximum atomic E-state index is 11.5. The smallest absolute Gasteiger partial charge is 0.271 e. The van der Waals surface area contributed by atoms with Gasteiger partial charge in [0.2, 0.25) is 0 Å². The molecule has 2 heterocycles. The lowest BCUT2D eigenvalue weighted by Crippen LogP contribution is -2.39. The maximum absolute atomic E-state index is 11.5. The van der Waals surface area contributed by atoms with Crippen molar-refractivity contribution in [2.45, 2.75) is 32.2 Å². The number of hydrogen-bond donors (Lipinski definition) is 2. The van der Waals surface area contributed by atoms with E-state index in [1.165, 1.54) is 6.33 Å². The molecule has 0 amide bonds. The molecule has 0 bridgehead atoms. The van der Waals surface area contributed by atoms with E-state index in [1.807, 2.05) is 0 Å². The second-order valence-electron chi connectivity index (χ2n) is 4.56. The molecule has 0 saturated carbocycles. The predicted octanol–water partition coefficient (Wildman–Crippen LogP) is 1.39. The molecular formula is C12H19ClN4O. The molecule has 0 radical (unpaired) electrons. The third kappa shape index (κ3) is 2.84. The zero-order valence-electron chi connectivity index (χ0n) is 10.6. The van der Waals surface area contributed by atoms with Crippen molar-refractivity contribution in [3.8, 4) is 0 Å². The SMILES string of the molecule is CCCNCC1CCCN1c1nc[nH]c(=O)c1Cl. The summed E-state index contributed by atoms with van der Waals surface area (Å²) in [6.45, 7) is 4.99. The molecule has 6 heteroatoms. The van der Waals surface area contributed by atoms with Crippen LogP contribution in [0, 0.1) is 0 Å². The standard InChI is InChI=1S/C12H19ClN4O/c1-2-5-14-7-9-4-3-6-17(9)11-10(13)12(18)16-8-15-11/h8-9,14H,2-7H2,1H3,(H,15,16,18). The Labute approximate surface area is 112 Å². The molecule has 1 aliphatic rings. The largest absolute Gasteiger partial charge is 0.351 e. The van der Waals surface area contributed by atoms with Crippen molar-refractivity contribution >= 4 is 17.4 Å². The monoisotopic (exact) mass is 270 g/mol. The highest BCUT2D eigenvalue weighted by molar-refractivity contribution is 6.32. The van der Waals surface area contributed by atoms with E-state index >= 15 is 0 Å². The summed E-state index contributed by atoms with van der Waals surface area (Å²) < 4.78 is 0. The van der Waals surface area contributed by atoms with Gasteiger partial charge in [0.05, 0.1) is 6.33 Å². The van der Waals surface area contributed by atoms with Crippen LogP contribution in [0.3, 0.4) is 0 Å². The van der Waals surface area contributed by atoms with Crippen LogP contribution in [0.2, 0.25) is 5.02 Å². The van der Waals surface area contributed by atoms with Crippen LogP contribution >= 0.6 is 11.6 Å². The summed E-state index contributed by atoms with van der Waals surface area (Å²) in [4.78, 5) is 20.3. The zero-order valence-corrected chi connectivity index (χ0v) is 11.3. The van der Waals surface area contributed by atoms with Crippen molar-refractivity contribution in [2.24, 2.45) is 0 Å². The highest BCUT2D eigenvalue weighted by Gasteiger charge is 2.27. The molecular weight excluding hydrogens is 252 g/mol. The van der Waals surface area contributed by atoms with Crippen LogP contribution in [0.15, 0.2) is 11.1 Å². The van der Waals surface area contributed by atoms with E-state index in [1.54, 1.807) is 0 Å². The lowest BCUT2D eigenvalue weighted by atomic mass is 10.2. The van der Waals surface area contributed by atoms with E-state index in [0.29, 0.717) is 11.9 Å². The second-order valence-corrected chi connectivity index (χ2v) is 4.94. The minimum Gasteiger partial charge on any atom is -0.351 e. The van der Waals surface area contributed by atoms with Crippen LogP contribution in [-0.2, 0) is 0 Å². The molecule has 1 aliphatic heterocycles. The summed E-state index contributed by atoms with van der Waals surface area (Å²) in [5.74, 6) is 0.612. The average Bonchev–Trinajstić information content (AvgIpc) is 2.81.